The Balaban J connectivity index is 2.31. The van der Waals surface area contributed by atoms with E-state index in [2.05, 4.69) is 32.9 Å². The van der Waals surface area contributed by atoms with E-state index in [0.717, 1.165) is 18.8 Å². The maximum atomic E-state index is 9.36. The van der Waals surface area contributed by atoms with Crippen LogP contribution in [-0.2, 0) is 0 Å². The van der Waals surface area contributed by atoms with E-state index < -0.39 is 0 Å². The van der Waals surface area contributed by atoms with Crippen molar-refractivity contribution in [3.63, 3.8) is 0 Å². The minimum absolute atomic E-state index is 0.189. The molecular formula is C14H24O. The standard InChI is InChI=1S/C14H24O/c1-11(2)5-4-6-12(3)13-7-9-14(15)10-8-13/h5,7,9,12-15H,4,6,8,10H2,1-3H3. The third-order valence-electron chi connectivity index (χ3n) is 3.28. The van der Waals surface area contributed by atoms with Crippen molar-refractivity contribution in [1.29, 1.82) is 0 Å². The molecule has 0 bridgehead atoms. The Morgan fingerprint density at radius 3 is 2.67 bits per heavy atom. The molecule has 0 aromatic heterocycles. The first kappa shape index (κ1) is 12.5. The fourth-order valence-electron chi connectivity index (χ4n) is 2.15. The quantitative estimate of drug-likeness (QED) is 0.698. The van der Waals surface area contributed by atoms with Crippen LogP contribution in [0.15, 0.2) is 23.8 Å². The van der Waals surface area contributed by atoms with E-state index in [1.165, 1.54) is 18.4 Å². The lowest BCUT2D eigenvalue weighted by Gasteiger charge is -2.25. The summed E-state index contributed by atoms with van der Waals surface area (Å²) in [6, 6.07) is 0. The lowest BCUT2D eigenvalue weighted by molar-refractivity contribution is 0.184. The van der Waals surface area contributed by atoms with Crippen LogP contribution in [0.4, 0.5) is 0 Å². The maximum absolute atomic E-state index is 9.36. The van der Waals surface area contributed by atoms with Crippen molar-refractivity contribution in [2.24, 2.45) is 11.8 Å². The summed E-state index contributed by atoms with van der Waals surface area (Å²) in [5, 5.41) is 9.36. The predicted octanol–water partition coefficient (Wildman–Crippen LogP) is 3.70. The largest absolute Gasteiger partial charge is 0.389 e. The molecule has 0 amide bonds. The van der Waals surface area contributed by atoms with E-state index in [-0.39, 0.29) is 6.10 Å². The molecule has 3 unspecified atom stereocenters. The van der Waals surface area contributed by atoms with Gasteiger partial charge >= 0.3 is 0 Å². The molecule has 86 valence electrons. The average Bonchev–Trinajstić information content (AvgIpc) is 2.18. The molecule has 0 fully saturated rings. The summed E-state index contributed by atoms with van der Waals surface area (Å²) < 4.78 is 0. The molecule has 0 spiro atoms. The highest BCUT2D eigenvalue weighted by Crippen LogP contribution is 2.27. The van der Waals surface area contributed by atoms with Gasteiger partial charge < -0.3 is 5.11 Å². The van der Waals surface area contributed by atoms with Crippen LogP contribution in [0.5, 0.6) is 0 Å². The Morgan fingerprint density at radius 1 is 1.40 bits per heavy atom. The van der Waals surface area contributed by atoms with Crippen LogP contribution >= 0.6 is 0 Å². The summed E-state index contributed by atoms with van der Waals surface area (Å²) in [6.07, 6.45) is 10.8. The van der Waals surface area contributed by atoms with E-state index in [9.17, 15) is 5.11 Å². The van der Waals surface area contributed by atoms with E-state index >= 15 is 0 Å². The van der Waals surface area contributed by atoms with Crippen LogP contribution in [0.1, 0.15) is 46.5 Å². The van der Waals surface area contributed by atoms with Gasteiger partial charge in [-0.25, -0.2) is 0 Å². The van der Waals surface area contributed by atoms with Gasteiger partial charge in [0.2, 0.25) is 0 Å². The first-order chi connectivity index (χ1) is 7.09. The van der Waals surface area contributed by atoms with E-state index in [0.29, 0.717) is 5.92 Å². The van der Waals surface area contributed by atoms with Crippen LogP contribution in [0, 0.1) is 11.8 Å². The number of hydrogen-bond donors (Lipinski definition) is 1. The Kier molecular flexibility index (Phi) is 5.10. The summed E-state index contributed by atoms with van der Waals surface area (Å²) in [5.41, 5.74) is 1.41. The molecule has 1 aliphatic carbocycles. The number of aliphatic hydroxyl groups is 1. The third-order valence-corrected chi connectivity index (χ3v) is 3.28. The first-order valence-corrected chi connectivity index (χ1v) is 6.09. The number of rotatable bonds is 4. The Hall–Kier alpha value is -0.560. The molecule has 1 nitrogen and oxygen atoms in total. The van der Waals surface area contributed by atoms with Gasteiger partial charge in [0.25, 0.3) is 0 Å². The van der Waals surface area contributed by atoms with Crippen molar-refractivity contribution in [2.75, 3.05) is 0 Å². The molecule has 1 aliphatic rings. The molecule has 0 aromatic carbocycles. The minimum atomic E-state index is -0.189. The highest BCUT2D eigenvalue weighted by atomic mass is 16.3. The molecule has 0 radical (unpaired) electrons. The minimum Gasteiger partial charge on any atom is -0.389 e. The molecule has 1 N–H and O–H groups in total. The second-order valence-corrected chi connectivity index (χ2v) is 5.03. The zero-order valence-corrected chi connectivity index (χ0v) is 10.2. The molecular weight excluding hydrogens is 184 g/mol. The van der Waals surface area contributed by atoms with Gasteiger partial charge in [0.05, 0.1) is 6.10 Å². The van der Waals surface area contributed by atoms with Crippen LogP contribution in [-0.4, -0.2) is 11.2 Å². The van der Waals surface area contributed by atoms with Gasteiger partial charge in [-0.1, -0.05) is 30.7 Å². The monoisotopic (exact) mass is 208 g/mol. The Bertz CT molecular complexity index is 236. The Morgan fingerprint density at radius 2 is 2.13 bits per heavy atom. The van der Waals surface area contributed by atoms with Gasteiger partial charge in [-0.3, -0.25) is 0 Å². The van der Waals surface area contributed by atoms with E-state index in [1.54, 1.807) is 0 Å². The normalized spacial score (nSPS) is 27.5. The average molecular weight is 208 g/mol. The van der Waals surface area contributed by atoms with Crippen molar-refractivity contribution in [1.82, 2.24) is 0 Å². The Labute approximate surface area is 93.9 Å². The van der Waals surface area contributed by atoms with Crippen LogP contribution in [0.2, 0.25) is 0 Å². The van der Waals surface area contributed by atoms with Gasteiger partial charge in [-0.15, -0.1) is 0 Å². The second kappa shape index (κ2) is 6.12. The molecule has 0 aromatic rings. The zero-order chi connectivity index (χ0) is 11.3. The summed E-state index contributed by atoms with van der Waals surface area (Å²) >= 11 is 0. The summed E-state index contributed by atoms with van der Waals surface area (Å²) in [6.45, 7) is 6.63. The van der Waals surface area contributed by atoms with Crippen molar-refractivity contribution in [3.8, 4) is 0 Å². The second-order valence-electron chi connectivity index (χ2n) is 5.03. The molecule has 0 heterocycles. The summed E-state index contributed by atoms with van der Waals surface area (Å²) in [7, 11) is 0. The highest BCUT2D eigenvalue weighted by Gasteiger charge is 2.18. The smallest absolute Gasteiger partial charge is 0.0721 e. The van der Waals surface area contributed by atoms with Gasteiger partial charge in [0.1, 0.15) is 0 Å². The van der Waals surface area contributed by atoms with Gasteiger partial charge in [0, 0.05) is 0 Å². The number of allylic oxidation sites excluding steroid dienone is 3. The fourth-order valence-corrected chi connectivity index (χ4v) is 2.15. The van der Waals surface area contributed by atoms with Crippen molar-refractivity contribution < 1.29 is 5.11 Å². The first-order valence-electron chi connectivity index (χ1n) is 6.09. The fraction of sp³-hybridized carbons (Fsp3) is 0.714. The van der Waals surface area contributed by atoms with E-state index in [4.69, 9.17) is 0 Å². The third kappa shape index (κ3) is 4.65. The van der Waals surface area contributed by atoms with Gasteiger partial charge in [-0.05, 0) is 51.4 Å². The molecule has 1 heteroatoms. The number of hydrogen-bond acceptors (Lipinski definition) is 1. The SMILES string of the molecule is CC(C)=CCCC(C)C1C=CC(O)CC1. The molecule has 0 saturated carbocycles. The van der Waals surface area contributed by atoms with Crippen molar-refractivity contribution in [3.05, 3.63) is 23.8 Å². The van der Waals surface area contributed by atoms with Gasteiger partial charge in [-0.2, -0.15) is 0 Å². The van der Waals surface area contributed by atoms with Crippen LogP contribution < -0.4 is 0 Å². The molecule has 0 aliphatic heterocycles. The van der Waals surface area contributed by atoms with Crippen LogP contribution in [0.25, 0.3) is 0 Å². The van der Waals surface area contributed by atoms with Crippen molar-refractivity contribution in [2.45, 2.75) is 52.6 Å². The summed E-state index contributed by atoms with van der Waals surface area (Å²) in [5.74, 6) is 1.42. The molecule has 1 rings (SSSR count). The molecule has 15 heavy (non-hydrogen) atoms. The van der Waals surface area contributed by atoms with Crippen molar-refractivity contribution >= 4 is 0 Å². The van der Waals surface area contributed by atoms with Crippen LogP contribution in [0.3, 0.4) is 0 Å². The zero-order valence-electron chi connectivity index (χ0n) is 10.2. The lowest BCUT2D eigenvalue weighted by atomic mass is 9.82. The molecule has 3 atom stereocenters. The predicted molar refractivity (Wildman–Crippen MR) is 65.7 cm³/mol. The van der Waals surface area contributed by atoms with Gasteiger partial charge in [0.15, 0.2) is 0 Å². The maximum Gasteiger partial charge on any atom is 0.0721 e. The number of aliphatic hydroxyl groups excluding tert-OH is 1. The molecule has 0 saturated heterocycles. The highest BCUT2D eigenvalue weighted by molar-refractivity contribution is 5.00. The lowest BCUT2D eigenvalue weighted by Crippen LogP contribution is -2.17. The van der Waals surface area contributed by atoms with E-state index in [1.807, 2.05) is 6.08 Å². The topological polar surface area (TPSA) is 20.2 Å². The summed E-state index contributed by atoms with van der Waals surface area (Å²) in [4.78, 5) is 0.